The Morgan fingerprint density at radius 2 is 2.06 bits per heavy atom. The van der Waals surface area contributed by atoms with Crippen molar-refractivity contribution < 1.29 is 13.6 Å². The first-order chi connectivity index (χ1) is 7.50. The third kappa shape index (κ3) is 2.08. The van der Waals surface area contributed by atoms with Gasteiger partial charge in [-0.15, -0.1) is 0 Å². The van der Waals surface area contributed by atoms with Gasteiger partial charge in [-0.3, -0.25) is 9.69 Å². The van der Waals surface area contributed by atoms with Crippen LogP contribution in [0, 0.1) is 0 Å². The predicted molar refractivity (Wildman–Crippen MR) is 57.9 cm³/mol. The first kappa shape index (κ1) is 12.2. The van der Waals surface area contributed by atoms with Crippen LogP contribution in [-0.2, 0) is 4.79 Å². The third-order valence-corrected chi connectivity index (χ3v) is 4.13. The van der Waals surface area contributed by atoms with Crippen molar-refractivity contribution in [1.82, 2.24) is 8.83 Å². The number of alkyl halides is 2. The molecule has 0 spiro atoms. The number of carbonyl (C=O) groups is 1. The summed E-state index contributed by atoms with van der Waals surface area (Å²) in [6.07, 6.45) is -1.36. The summed E-state index contributed by atoms with van der Waals surface area (Å²) in [5.41, 5.74) is 5.22. The lowest BCUT2D eigenvalue weighted by molar-refractivity contribution is -0.123. The van der Waals surface area contributed by atoms with Gasteiger partial charge in [-0.05, 0) is 12.8 Å². The quantitative estimate of drug-likeness (QED) is 0.609. The van der Waals surface area contributed by atoms with Crippen molar-refractivity contribution in [3.63, 3.8) is 0 Å². The van der Waals surface area contributed by atoms with Crippen LogP contribution in [0.1, 0.15) is 19.3 Å². The van der Waals surface area contributed by atoms with Gasteiger partial charge in [-0.1, -0.05) is 0 Å². The molecule has 0 aromatic carbocycles. The number of halogens is 3. The van der Waals surface area contributed by atoms with Crippen LogP contribution < -0.4 is 5.73 Å². The van der Waals surface area contributed by atoms with Gasteiger partial charge in [0.25, 0.3) is 0 Å². The molecule has 0 radical (unpaired) electrons. The van der Waals surface area contributed by atoms with Crippen LogP contribution in [0.4, 0.5) is 8.78 Å². The molecule has 2 fully saturated rings. The molecule has 0 bridgehead atoms. The van der Waals surface area contributed by atoms with Gasteiger partial charge < -0.3 is 5.73 Å². The molecule has 2 aliphatic rings. The lowest BCUT2D eigenvalue weighted by atomic mass is 10.2. The van der Waals surface area contributed by atoms with Crippen LogP contribution in [0.3, 0.4) is 0 Å². The molecule has 4 atom stereocenters. The van der Waals surface area contributed by atoms with Gasteiger partial charge in [-0.25, -0.2) is 8.78 Å². The summed E-state index contributed by atoms with van der Waals surface area (Å²) >= 11 is 3.12. The number of rotatable bonds is 2. The fraction of sp³-hybridized carbons (Fsp3) is 0.889. The van der Waals surface area contributed by atoms with E-state index in [-0.39, 0.29) is 19.1 Å². The zero-order chi connectivity index (χ0) is 11.9. The summed E-state index contributed by atoms with van der Waals surface area (Å²) in [5, 5.41) is 0. The summed E-state index contributed by atoms with van der Waals surface area (Å²) in [5.74, 6) is -0.539. The second-order valence-electron chi connectivity index (χ2n) is 4.28. The van der Waals surface area contributed by atoms with E-state index in [4.69, 9.17) is 5.73 Å². The SMILES string of the molecule is NC(=O)C1CC(F)CN1C1CCC(F)N1Br. The van der Waals surface area contributed by atoms with E-state index in [1.165, 1.54) is 3.93 Å². The van der Waals surface area contributed by atoms with Crippen molar-refractivity contribution in [2.75, 3.05) is 6.54 Å². The van der Waals surface area contributed by atoms with Crippen molar-refractivity contribution in [3.05, 3.63) is 0 Å². The van der Waals surface area contributed by atoms with Gasteiger partial charge in [-0.2, -0.15) is 3.93 Å². The van der Waals surface area contributed by atoms with E-state index in [0.29, 0.717) is 12.8 Å². The van der Waals surface area contributed by atoms with Gasteiger partial charge in [0.1, 0.15) is 6.17 Å². The van der Waals surface area contributed by atoms with Crippen molar-refractivity contribution in [2.24, 2.45) is 5.73 Å². The molecule has 0 aliphatic carbocycles. The number of hydrogen-bond donors (Lipinski definition) is 1. The molecule has 92 valence electrons. The van der Waals surface area contributed by atoms with Gasteiger partial charge in [0.15, 0.2) is 6.30 Å². The van der Waals surface area contributed by atoms with Gasteiger partial charge >= 0.3 is 0 Å². The van der Waals surface area contributed by atoms with Crippen LogP contribution in [0.15, 0.2) is 0 Å². The largest absolute Gasteiger partial charge is 0.368 e. The minimum atomic E-state index is -1.09. The lowest BCUT2D eigenvalue weighted by Gasteiger charge is -2.31. The van der Waals surface area contributed by atoms with Crippen molar-refractivity contribution in [3.8, 4) is 0 Å². The summed E-state index contributed by atoms with van der Waals surface area (Å²) in [6.45, 7) is 0.146. The highest BCUT2D eigenvalue weighted by atomic mass is 79.9. The fourth-order valence-electron chi connectivity index (χ4n) is 2.44. The Kier molecular flexibility index (Phi) is 3.46. The Hall–Kier alpha value is -0.270. The third-order valence-electron chi connectivity index (χ3n) is 3.21. The van der Waals surface area contributed by atoms with Crippen LogP contribution in [-0.4, -0.2) is 46.0 Å². The molecule has 4 unspecified atom stereocenters. The zero-order valence-electron chi connectivity index (χ0n) is 8.65. The average molecular weight is 298 g/mol. The molecule has 2 rings (SSSR count). The van der Waals surface area contributed by atoms with E-state index in [1.54, 1.807) is 4.90 Å². The Balaban J connectivity index is 2.10. The second-order valence-corrected chi connectivity index (χ2v) is 5.10. The molecule has 0 aromatic heterocycles. The molecule has 2 N–H and O–H groups in total. The van der Waals surface area contributed by atoms with E-state index in [9.17, 15) is 13.6 Å². The number of amides is 1. The molecule has 2 aliphatic heterocycles. The maximum atomic E-state index is 13.3. The van der Waals surface area contributed by atoms with Gasteiger partial charge in [0.05, 0.1) is 12.2 Å². The zero-order valence-corrected chi connectivity index (χ0v) is 10.2. The first-order valence-electron chi connectivity index (χ1n) is 5.28. The Morgan fingerprint density at radius 3 is 2.56 bits per heavy atom. The molecule has 4 nitrogen and oxygen atoms in total. The van der Waals surface area contributed by atoms with E-state index < -0.39 is 24.4 Å². The number of nitrogens with zero attached hydrogens (tertiary/aromatic N) is 2. The average Bonchev–Trinajstić information content (AvgIpc) is 2.73. The second kappa shape index (κ2) is 4.54. The monoisotopic (exact) mass is 297 g/mol. The minimum absolute atomic E-state index is 0.115. The summed E-state index contributed by atoms with van der Waals surface area (Å²) in [6, 6.07) is -0.620. The number of primary amides is 1. The predicted octanol–water partition coefficient (Wildman–Crippen LogP) is 0.911. The molecular weight excluding hydrogens is 284 g/mol. The summed E-state index contributed by atoms with van der Waals surface area (Å²) < 4.78 is 27.9. The van der Waals surface area contributed by atoms with Gasteiger partial charge in [0.2, 0.25) is 5.91 Å². The maximum absolute atomic E-state index is 13.3. The highest BCUT2D eigenvalue weighted by Gasteiger charge is 2.45. The highest BCUT2D eigenvalue weighted by molar-refractivity contribution is 9.07. The van der Waals surface area contributed by atoms with Crippen LogP contribution >= 0.6 is 16.1 Å². The van der Waals surface area contributed by atoms with Crippen LogP contribution in [0.2, 0.25) is 0 Å². The molecule has 2 heterocycles. The van der Waals surface area contributed by atoms with E-state index >= 15 is 0 Å². The Labute approximate surface area is 101 Å². The minimum Gasteiger partial charge on any atom is -0.368 e. The number of carbonyl (C=O) groups excluding carboxylic acids is 1. The van der Waals surface area contributed by atoms with Gasteiger partial charge in [0, 0.05) is 29.1 Å². The topological polar surface area (TPSA) is 49.6 Å². The molecule has 0 aromatic rings. The van der Waals surface area contributed by atoms with Crippen LogP contribution in [0.5, 0.6) is 0 Å². The maximum Gasteiger partial charge on any atom is 0.234 e. The summed E-state index contributed by atoms with van der Waals surface area (Å²) in [7, 11) is 0. The van der Waals surface area contributed by atoms with E-state index in [1.807, 2.05) is 0 Å². The standard InChI is InChI=1S/C9H14BrF2N3O/c10-15-7(12)1-2-8(15)14-4-5(11)3-6(14)9(13)16/h5-8H,1-4H2,(H2,13,16). The molecule has 0 saturated carbocycles. The van der Waals surface area contributed by atoms with Crippen molar-refractivity contribution >= 4 is 22.1 Å². The van der Waals surface area contributed by atoms with E-state index in [2.05, 4.69) is 16.1 Å². The van der Waals surface area contributed by atoms with Crippen molar-refractivity contribution in [2.45, 2.75) is 43.9 Å². The molecule has 16 heavy (non-hydrogen) atoms. The number of nitrogens with two attached hydrogens (primary N) is 1. The van der Waals surface area contributed by atoms with Crippen LogP contribution in [0.25, 0.3) is 0 Å². The van der Waals surface area contributed by atoms with E-state index in [0.717, 1.165) is 0 Å². The van der Waals surface area contributed by atoms with Crippen molar-refractivity contribution in [1.29, 1.82) is 0 Å². The summed E-state index contributed by atoms with van der Waals surface area (Å²) in [4.78, 5) is 12.8. The lowest BCUT2D eigenvalue weighted by Crippen LogP contribution is -2.49. The normalized spacial score (nSPS) is 41.7. The fourth-order valence-corrected chi connectivity index (χ4v) is 3.09. The smallest absolute Gasteiger partial charge is 0.234 e. The first-order valence-corrected chi connectivity index (χ1v) is 5.99. The molecular formula is C9H14BrF2N3O. The molecule has 7 heteroatoms. The number of likely N-dealkylation sites (tertiary alicyclic amines) is 1. The molecule has 2 saturated heterocycles. The highest BCUT2D eigenvalue weighted by Crippen LogP contribution is 2.35. The Bertz CT molecular complexity index is 294. The molecule has 1 amide bonds. The Morgan fingerprint density at radius 1 is 1.38 bits per heavy atom. The number of hydrogen-bond acceptors (Lipinski definition) is 3.